The zero-order chi connectivity index (χ0) is 28.2. The molecule has 0 saturated carbocycles. The number of amides is 1. The summed E-state index contributed by atoms with van der Waals surface area (Å²) in [5.74, 6) is -0.877. The van der Waals surface area contributed by atoms with Crippen molar-refractivity contribution in [2.75, 3.05) is 13.2 Å². The Bertz CT molecular complexity index is 1540. The van der Waals surface area contributed by atoms with Gasteiger partial charge in [0.15, 0.2) is 5.76 Å². The van der Waals surface area contributed by atoms with Crippen LogP contribution < -0.4 is 4.74 Å². The van der Waals surface area contributed by atoms with Crippen LogP contribution in [-0.2, 0) is 16.1 Å². The summed E-state index contributed by atoms with van der Waals surface area (Å²) in [5.41, 5.74) is 3.40. The van der Waals surface area contributed by atoms with E-state index >= 15 is 0 Å². The number of ketones is 1. The standard InChI is InChI=1S/C31H35N5O4/c1-4-5-6-19-40-24-12-10-23(11-13-24)27-25(28(37)26-22(3)35-16-7-9-21(2)30(35)33-26)29(38)31(39)36(27)17-8-15-34-18-14-32-20-34/h7,9-14,16,18,20,27,37H,4-6,8,15,17,19H2,1-3H3. The largest absolute Gasteiger partial charge is 0.505 e. The minimum absolute atomic E-state index is 0.0494. The fourth-order valence-corrected chi connectivity index (χ4v) is 5.26. The number of aromatic nitrogens is 4. The molecule has 208 valence electrons. The maximum Gasteiger partial charge on any atom is 0.295 e. The van der Waals surface area contributed by atoms with Gasteiger partial charge in [0.2, 0.25) is 0 Å². The molecule has 40 heavy (non-hydrogen) atoms. The van der Waals surface area contributed by atoms with Crippen molar-refractivity contribution in [2.45, 2.75) is 59.0 Å². The maximum atomic E-state index is 13.5. The number of hydrogen-bond donors (Lipinski definition) is 1. The van der Waals surface area contributed by atoms with Gasteiger partial charge in [0.1, 0.15) is 17.1 Å². The highest BCUT2D eigenvalue weighted by molar-refractivity contribution is 6.46. The molecule has 1 N–H and O–H groups in total. The van der Waals surface area contributed by atoms with Crippen LogP contribution in [0.1, 0.15) is 61.2 Å². The lowest BCUT2D eigenvalue weighted by Crippen LogP contribution is -2.31. The highest BCUT2D eigenvalue weighted by atomic mass is 16.5. The van der Waals surface area contributed by atoms with Gasteiger partial charge < -0.3 is 23.7 Å². The second-order valence-corrected chi connectivity index (χ2v) is 10.2. The van der Waals surface area contributed by atoms with Crippen molar-refractivity contribution in [3.63, 3.8) is 0 Å². The molecular weight excluding hydrogens is 506 g/mol. The smallest absolute Gasteiger partial charge is 0.295 e. The number of Topliss-reactive ketones (excluding diaryl/α,β-unsaturated/α-hetero) is 1. The van der Waals surface area contributed by atoms with Crippen molar-refractivity contribution in [2.24, 2.45) is 0 Å². The second-order valence-electron chi connectivity index (χ2n) is 10.2. The zero-order valence-electron chi connectivity index (χ0n) is 23.2. The number of hydrogen-bond acceptors (Lipinski definition) is 6. The van der Waals surface area contributed by atoms with Crippen LogP contribution in [-0.4, -0.2) is 53.8 Å². The summed E-state index contributed by atoms with van der Waals surface area (Å²) in [4.78, 5) is 37.2. The van der Waals surface area contributed by atoms with E-state index in [4.69, 9.17) is 4.74 Å². The molecule has 1 unspecified atom stereocenters. The molecule has 1 atom stereocenters. The average Bonchev–Trinajstić information content (AvgIpc) is 3.66. The number of nitrogens with zero attached hydrogens (tertiary/aromatic N) is 5. The summed E-state index contributed by atoms with van der Waals surface area (Å²) < 4.78 is 9.68. The molecule has 1 aromatic carbocycles. The zero-order valence-corrected chi connectivity index (χ0v) is 23.2. The van der Waals surface area contributed by atoms with E-state index in [0.29, 0.717) is 43.2 Å². The number of fused-ring (bicyclic) bond motifs is 1. The van der Waals surface area contributed by atoms with Gasteiger partial charge in [-0.25, -0.2) is 9.97 Å². The molecule has 1 aliphatic heterocycles. The monoisotopic (exact) mass is 541 g/mol. The van der Waals surface area contributed by atoms with Crippen molar-refractivity contribution < 1.29 is 19.4 Å². The fraction of sp³-hybridized carbons (Fsp3) is 0.355. The number of imidazole rings is 2. The maximum absolute atomic E-state index is 13.5. The van der Waals surface area contributed by atoms with E-state index in [9.17, 15) is 14.7 Å². The van der Waals surface area contributed by atoms with Crippen LogP contribution in [0.15, 0.2) is 66.9 Å². The molecule has 0 bridgehead atoms. The van der Waals surface area contributed by atoms with Crippen LogP contribution in [0.25, 0.3) is 11.4 Å². The Labute approximate surface area is 233 Å². The van der Waals surface area contributed by atoms with E-state index in [0.717, 1.165) is 36.1 Å². The Kier molecular flexibility index (Phi) is 8.00. The molecule has 1 amide bonds. The van der Waals surface area contributed by atoms with Gasteiger partial charge in [-0.15, -0.1) is 0 Å². The lowest BCUT2D eigenvalue weighted by molar-refractivity contribution is -0.139. The summed E-state index contributed by atoms with van der Waals surface area (Å²) >= 11 is 0. The first-order valence-electron chi connectivity index (χ1n) is 13.8. The number of aliphatic hydroxyl groups is 1. The van der Waals surface area contributed by atoms with Crippen molar-refractivity contribution in [3.05, 3.63) is 89.4 Å². The number of benzene rings is 1. The van der Waals surface area contributed by atoms with Crippen LogP contribution >= 0.6 is 0 Å². The first-order valence-corrected chi connectivity index (χ1v) is 13.8. The van der Waals surface area contributed by atoms with Crippen LogP contribution in [0.5, 0.6) is 5.75 Å². The molecule has 1 fully saturated rings. The summed E-state index contributed by atoms with van der Waals surface area (Å²) in [5, 5.41) is 11.6. The third-order valence-corrected chi connectivity index (χ3v) is 7.44. The molecule has 1 aliphatic rings. The quantitative estimate of drug-likeness (QED) is 0.121. The van der Waals surface area contributed by atoms with Gasteiger partial charge in [-0.3, -0.25) is 9.59 Å². The van der Waals surface area contributed by atoms with Gasteiger partial charge in [0, 0.05) is 31.7 Å². The van der Waals surface area contributed by atoms with Crippen molar-refractivity contribution in [3.8, 4) is 5.75 Å². The topological polar surface area (TPSA) is 102 Å². The molecule has 4 aromatic rings. The predicted octanol–water partition coefficient (Wildman–Crippen LogP) is 5.23. The summed E-state index contributed by atoms with van der Waals surface area (Å²) in [6, 6.07) is 10.5. The fourth-order valence-electron chi connectivity index (χ4n) is 5.26. The van der Waals surface area contributed by atoms with E-state index in [-0.39, 0.29) is 11.3 Å². The Hall–Kier alpha value is -4.40. The van der Waals surface area contributed by atoms with Gasteiger partial charge in [-0.2, -0.15) is 0 Å². The minimum atomic E-state index is -0.748. The van der Waals surface area contributed by atoms with Gasteiger partial charge in [0.25, 0.3) is 11.7 Å². The molecule has 4 heterocycles. The number of carbonyl (C=O) groups excluding carboxylic acids is 2. The molecule has 9 heteroatoms. The molecule has 0 radical (unpaired) electrons. The van der Waals surface area contributed by atoms with Crippen LogP contribution in [0, 0.1) is 13.8 Å². The number of rotatable bonds is 11. The molecule has 5 rings (SSSR count). The molecule has 9 nitrogen and oxygen atoms in total. The predicted molar refractivity (Wildman–Crippen MR) is 152 cm³/mol. The van der Waals surface area contributed by atoms with Crippen molar-refractivity contribution in [1.29, 1.82) is 0 Å². The molecule has 1 saturated heterocycles. The van der Waals surface area contributed by atoms with E-state index < -0.39 is 17.7 Å². The number of aliphatic hydroxyl groups excluding tert-OH is 1. The first kappa shape index (κ1) is 27.2. The van der Waals surface area contributed by atoms with E-state index in [1.165, 1.54) is 0 Å². The second kappa shape index (κ2) is 11.8. The summed E-state index contributed by atoms with van der Waals surface area (Å²) in [7, 11) is 0. The minimum Gasteiger partial charge on any atom is -0.505 e. The number of likely N-dealkylation sites (tertiary alicyclic amines) is 1. The van der Waals surface area contributed by atoms with E-state index in [1.807, 2.05) is 71.6 Å². The third-order valence-electron chi connectivity index (χ3n) is 7.44. The van der Waals surface area contributed by atoms with Crippen molar-refractivity contribution in [1.82, 2.24) is 23.8 Å². The molecule has 3 aromatic heterocycles. The highest BCUT2D eigenvalue weighted by Gasteiger charge is 2.46. The van der Waals surface area contributed by atoms with Crippen LogP contribution in [0.3, 0.4) is 0 Å². The van der Waals surface area contributed by atoms with Gasteiger partial charge in [-0.05, 0) is 56.0 Å². The number of pyridine rings is 1. The lowest BCUT2D eigenvalue weighted by atomic mass is 9.96. The molecule has 0 spiro atoms. The normalized spacial score (nSPS) is 16.8. The Morgan fingerprint density at radius 1 is 1.02 bits per heavy atom. The van der Waals surface area contributed by atoms with Gasteiger partial charge in [-0.1, -0.05) is 38.0 Å². The van der Waals surface area contributed by atoms with Gasteiger partial charge >= 0.3 is 0 Å². The Morgan fingerprint density at radius 3 is 2.52 bits per heavy atom. The van der Waals surface area contributed by atoms with Crippen molar-refractivity contribution >= 4 is 23.1 Å². The van der Waals surface area contributed by atoms with E-state index in [2.05, 4.69) is 16.9 Å². The number of carbonyl (C=O) groups is 2. The molecular formula is C31H35N5O4. The van der Waals surface area contributed by atoms with E-state index in [1.54, 1.807) is 17.4 Å². The lowest BCUT2D eigenvalue weighted by Gasteiger charge is -2.25. The average molecular weight is 542 g/mol. The summed E-state index contributed by atoms with van der Waals surface area (Å²) in [6.45, 7) is 7.54. The number of unbranched alkanes of at least 4 members (excludes halogenated alkanes) is 2. The Morgan fingerprint density at radius 2 is 1.82 bits per heavy atom. The van der Waals surface area contributed by atoms with Crippen LogP contribution in [0.2, 0.25) is 0 Å². The molecule has 0 aliphatic carbocycles. The SMILES string of the molecule is CCCCCOc1ccc(C2C(=C(O)c3nc4c(C)cccn4c3C)C(=O)C(=O)N2CCCn2ccnc2)cc1. The van der Waals surface area contributed by atoms with Crippen LogP contribution in [0.4, 0.5) is 0 Å². The van der Waals surface area contributed by atoms with Gasteiger partial charge in [0.05, 0.1) is 30.2 Å². The highest BCUT2D eigenvalue weighted by Crippen LogP contribution is 2.40. The first-order chi connectivity index (χ1) is 19.4. The third kappa shape index (κ3) is 5.23. The number of ether oxygens (including phenoxy) is 1. The summed E-state index contributed by atoms with van der Waals surface area (Å²) in [6.07, 6.45) is 11.0. The number of aryl methyl sites for hydroxylation is 3. The Balaban J connectivity index is 1.52.